The molecule has 0 aliphatic heterocycles. The van der Waals surface area contributed by atoms with Crippen LogP contribution in [0.2, 0.25) is 5.15 Å². The van der Waals surface area contributed by atoms with Gasteiger partial charge in [-0.2, -0.15) is 0 Å². The number of aromatic nitrogens is 1. The molecule has 0 aliphatic rings. The van der Waals surface area contributed by atoms with Gasteiger partial charge in [-0.1, -0.05) is 23.7 Å². The first-order chi connectivity index (χ1) is 7.58. The highest BCUT2D eigenvalue weighted by Crippen LogP contribution is 2.27. The van der Waals surface area contributed by atoms with E-state index in [4.69, 9.17) is 16.7 Å². The number of fused-ring (bicyclic) bond motifs is 1. The minimum Gasteiger partial charge on any atom is -0.478 e. The van der Waals surface area contributed by atoms with E-state index in [1.807, 2.05) is 25.1 Å². The molecule has 16 heavy (non-hydrogen) atoms. The lowest BCUT2D eigenvalue weighted by Crippen LogP contribution is -1.85. The molecule has 2 rings (SSSR count). The molecule has 3 nitrogen and oxygen atoms in total. The summed E-state index contributed by atoms with van der Waals surface area (Å²) in [7, 11) is 0. The Morgan fingerprint density at radius 2 is 2.25 bits per heavy atom. The number of H-pyrrole nitrogens is 1. The van der Waals surface area contributed by atoms with Crippen LogP contribution >= 0.6 is 11.6 Å². The van der Waals surface area contributed by atoms with Crippen LogP contribution in [-0.2, 0) is 4.79 Å². The first-order valence-electron chi connectivity index (χ1n) is 4.77. The number of carbonyl (C=O) groups is 1. The van der Waals surface area contributed by atoms with Crippen molar-refractivity contribution in [2.45, 2.75) is 6.92 Å². The monoisotopic (exact) mass is 235 g/mol. The maximum absolute atomic E-state index is 10.5. The molecule has 4 heteroatoms. The van der Waals surface area contributed by atoms with Gasteiger partial charge in [0.05, 0.1) is 0 Å². The van der Waals surface area contributed by atoms with Gasteiger partial charge in [-0.3, -0.25) is 0 Å². The molecule has 0 spiro atoms. The van der Waals surface area contributed by atoms with Crippen LogP contribution in [0.15, 0.2) is 24.3 Å². The second-order valence-corrected chi connectivity index (χ2v) is 3.95. The van der Waals surface area contributed by atoms with E-state index in [0.29, 0.717) is 10.7 Å². The number of aliphatic carboxylic acids is 1. The van der Waals surface area contributed by atoms with Crippen LogP contribution in [0.1, 0.15) is 11.1 Å². The van der Waals surface area contributed by atoms with Gasteiger partial charge in [0.1, 0.15) is 5.15 Å². The molecule has 0 saturated carbocycles. The van der Waals surface area contributed by atoms with Crippen LogP contribution in [-0.4, -0.2) is 16.1 Å². The largest absolute Gasteiger partial charge is 0.478 e. The Balaban J connectivity index is 2.60. The van der Waals surface area contributed by atoms with E-state index in [9.17, 15) is 4.79 Å². The highest BCUT2D eigenvalue weighted by atomic mass is 35.5. The summed E-state index contributed by atoms with van der Waals surface area (Å²) in [4.78, 5) is 13.5. The minimum absolute atomic E-state index is 0.457. The molecule has 0 bridgehead atoms. The third-order valence-corrected chi connectivity index (χ3v) is 2.64. The molecule has 1 aromatic carbocycles. The Labute approximate surface area is 97.4 Å². The fraction of sp³-hybridized carbons (Fsp3) is 0.0833. The molecular formula is C12H10ClNO2. The molecule has 82 valence electrons. The third kappa shape index (κ3) is 1.95. The smallest absolute Gasteiger partial charge is 0.328 e. The van der Waals surface area contributed by atoms with Crippen molar-refractivity contribution in [2.75, 3.05) is 0 Å². The van der Waals surface area contributed by atoms with Crippen LogP contribution in [0.3, 0.4) is 0 Å². The summed E-state index contributed by atoms with van der Waals surface area (Å²) in [5, 5.41) is 9.96. The van der Waals surface area contributed by atoms with Gasteiger partial charge < -0.3 is 10.1 Å². The van der Waals surface area contributed by atoms with Crippen molar-refractivity contribution >= 4 is 34.5 Å². The van der Waals surface area contributed by atoms with E-state index < -0.39 is 5.97 Å². The second kappa shape index (κ2) is 4.02. The van der Waals surface area contributed by atoms with Gasteiger partial charge in [-0.15, -0.1) is 0 Å². The standard InChI is InChI=1S/C12H10ClNO2/c1-7-2-3-8-9(4-5-11(15)16)12(13)14-10(8)6-7/h2-6,14H,1H3,(H,15,16)/b5-4+. The summed E-state index contributed by atoms with van der Waals surface area (Å²) < 4.78 is 0. The third-order valence-electron chi connectivity index (χ3n) is 2.34. The van der Waals surface area contributed by atoms with Crippen LogP contribution in [0.4, 0.5) is 0 Å². The maximum atomic E-state index is 10.5. The van der Waals surface area contributed by atoms with Crippen molar-refractivity contribution in [3.63, 3.8) is 0 Å². The topological polar surface area (TPSA) is 53.1 Å². The van der Waals surface area contributed by atoms with Crippen molar-refractivity contribution < 1.29 is 9.90 Å². The van der Waals surface area contributed by atoms with Gasteiger partial charge in [0, 0.05) is 22.5 Å². The van der Waals surface area contributed by atoms with E-state index >= 15 is 0 Å². The van der Waals surface area contributed by atoms with E-state index in [-0.39, 0.29) is 0 Å². The molecule has 1 heterocycles. The first kappa shape index (κ1) is 10.8. The van der Waals surface area contributed by atoms with Gasteiger partial charge in [-0.25, -0.2) is 4.79 Å². The number of aryl methyl sites for hydroxylation is 1. The lowest BCUT2D eigenvalue weighted by molar-refractivity contribution is -0.131. The molecule has 1 aromatic heterocycles. The van der Waals surface area contributed by atoms with Crippen molar-refractivity contribution in [2.24, 2.45) is 0 Å². The molecule has 0 amide bonds. The zero-order chi connectivity index (χ0) is 11.7. The second-order valence-electron chi connectivity index (χ2n) is 3.57. The molecule has 2 N–H and O–H groups in total. The van der Waals surface area contributed by atoms with E-state index in [0.717, 1.165) is 22.5 Å². The molecule has 0 aliphatic carbocycles. The summed E-state index contributed by atoms with van der Waals surface area (Å²) in [5.74, 6) is -0.988. The van der Waals surface area contributed by atoms with Gasteiger partial charge in [0.15, 0.2) is 0 Å². The van der Waals surface area contributed by atoms with Crippen molar-refractivity contribution in [1.82, 2.24) is 4.98 Å². The summed E-state index contributed by atoms with van der Waals surface area (Å²) in [6.45, 7) is 1.99. The molecule has 0 atom stereocenters. The Bertz CT molecular complexity index is 584. The van der Waals surface area contributed by atoms with E-state index in [2.05, 4.69) is 4.98 Å². The summed E-state index contributed by atoms with van der Waals surface area (Å²) in [6.07, 6.45) is 2.58. The highest BCUT2D eigenvalue weighted by molar-refractivity contribution is 6.32. The van der Waals surface area contributed by atoms with Gasteiger partial charge >= 0.3 is 5.97 Å². The highest BCUT2D eigenvalue weighted by Gasteiger charge is 2.07. The number of hydrogen-bond donors (Lipinski definition) is 2. The lowest BCUT2D eigenvalue weighted by Gasteiger charge is -1.93. The SMILES string of the molecule is Cc1ccc2c(/C=C/C(=O)O)c(Cl)[nH]c2c1. The van der Waals surface area contributed by atoms with Crippen LogP contribution in [0, 0.1) is 6.92 Å². The summed E-state index contributed by atoms with van der Waals surface area (Å²) in [6, 6.07) is 5.86. The molecule has 0 unspecified atom stereocenters. The van der Waals surface area contributed by atoms with E-state index in [1.54, 1.807) is 0 Å². The molecule has 2 aromatic rings. The Morgan fingerprint density at radius 1 is 1.50 bits per heavy atom. The maximum Gasteiger partial charge on any atom is 0.328 e. The lowest BCUT2D eigenvalue weighted by atomic mass is 10.1. The average Bonchev–Trinajstić information content (AvgIpc) is 2.50. The first-order valence-corrected chi connectivity index (χ1v) is 5.14. The normalized spacial score (nSPS) is 11.4. The van der Waals surface area contributed by atoms with Crippen molar-refractivity contribution in [3.8, 4) is 0 Å². The number of rotatable bonds is 2. The number of carboxylic acid groups (broad SMARTS) is 1. The zero-order valence-corrected chi connectivity index (χ0v) is 9.38. The van der Waals surface area contributed by atoms with Gasteiger partial charge in [0.25, 0.3) is 0 Å². The number of benzene rings is 1. The van der Waals surface area contributed by atoms with Crippen LogP contribution in [0.5, 0.6) is 0 Å². The number of carboxylic acids is 1. The van der Waals surface area contributed by atoms with Gasteiger partial charge in [0.2, 0.25) is 0 Å². The Kier molecular flexibility index (Phi) is 2.71. The fourth-order valence-electron chi connectivity index (χ4n) is 1.62. The number of hydrogen-bond acceptors (Lipinski definition) is 1. The number of halogens is 1. The van der Waals surface area contributed by atoms with E-state index in [1.165, 1.54) is 6.08 Å². The minimum atomic E-state index is -0.988. The summed E-state index contributed by atoms with van der Waals surface area (Å²) >= 11 is 6.00. The number of nitrogens with one attached hydrogen (secondary N) is 1. The Morgan fingerprint density at radius 3 is 2.94 bits per heavy atom. The van der Waals surface area contributed by atoms with Gasteiger partial charge in [-0.05, 0) is 24.6 Å². The molecule has 0 radical (unpaired) electrons. The number of aromatic amines is 1. The quantitative estimate of drug-likeness (QED) is 0.786. The molecule has 0 saturated heterocycles. The van der Waals surface area contributed by atoms with Crippen LogP contribution in [0.25, 0.3) is 17.0 Å². The predicted molar refractivity (Wildman–Crippen MR) is 64.7 cm³/mol. The Hall–Kier alpha value is -1.74. The zero-order valence-electron chi connectivity index (χ0n) is 8.62. The van der Waals surface area contributed by atoms with Crippen molar-refractivity contribution in [1.29, 1.82) is 0 Å². The fourth-order valence-corrected chi connectivity index (χ4v) is 1.88. The average molecular weight is 236 g/mol. The van der Waals surface area contributed by atoms with Crippen molar-refractivity contribution in [3.05, 3.63) is 40.6 Å². The van der Waals surface area contributed by atoms with Crippen LogP contribution < -0.4 is 0 Å². The molecule has 0 fully saturated rings. The molecular weight excluding hydrogens is 226 g/mol. The summed E-state index contributed by atoms with van der Waals surface area (Å²) in [5.41, 5.74) is 2.74. The predicted octanol–water partition coefficient (Wildman–Crippen LogP) is 3.23.